The Morgan fingerprint density at radius 3 is 2.42 bits per heavy atom. The summed E-state index contributed by atoms with van der Waals surface area (Å²) < 4.78 is 5.44. The number of anilines is 1. The van der Waals surface area contributed by atoms with Crippen LogP contribution >= 0.6 is 11.6 Å². The van der Waals surface area contributed by atoms with E-state index in [0.29, 0.717) is 11.2 Å². The minimum atomic E-state index is -0.435. The van der Waals surface area contributed by atoms with Crippen molar-refractivity contribution in [3.05, 3.63) is 23.5 Å². The number of pyridine rings is 1. The third-order valence-electron chi connectivity index (χ3n) is 4.42. The molecule has 0 spiro atoms. The maximum atomic E-state index is 12.1. The normalized spacial score (nSPS) is 20.0. The van der Waals surface area contributed by atoms with E-state index in [1.165, 1.54) is 0 Å². The van der Waals surface area contributed by atoms with Crippen LogP contribution in [0.25, 0.3) is 0 Å². The van der Waals surface area contributed by atoms with Crippen molar-refractivity contribution in [3.63, 3.8) is 0 Å². The molecule has 1 aromatic rings. The predicted octanol–water partition coefficient (Wildman–Crippen LogP) is 2.48. The third kappa shape index (κ3) is 4.11. The summed E-state index contributed by atoms with van der Waals surface area (Å²) >= 11 is 5.83. The second-order valence-corrected chi connectivity index (χ2v) is 7.79. The van der Waals surface area contributed by atoms with Gasteiger partial charge in [0, 0.05) is 45.3 Å². The first-order valence-electron chi connectivity index (χ1n) is 8.40. The highest BCUT2D eigenvalue weighted by Gasteiger charge is 2.35. The summed E-state index contributed by atoms with van der Waals surface area (Å²) in [5, 5.41) is 0.522. The second-order valence-electron chi connectivity index (χ2n) is 7.40. The number of halogens is 1. The lowest BCUT2D eigenvalue weighted by Gasteiger charge is -2.49. The molecule has 3 heterocycles. The van der Waals surface area contributed by atoms with Crippen molar-refractivity contribution in [1.82, 2.24) is 14.8 Å². The molecule has 0 radical (unpaired) electrons. The highest BCUT2D eigenvalue weighted by molar-refractivity contribution is 6.29. The van der Waals surface area contributed by atoms with Crippen molar-refractivity contribution in [2.75, 3.05) is 44.2 Å². The standard InChI is InChI=1S/C17H25ClN4O2/c1-17(2,3)24-16(23)21-8-6-20(7-9-21)14-11-22(12-14)13-4-5-15(18)19-10-13/h4-5,10,14H,6-9,11-12H2,1-3H3. The Balaban J connectivity index is 1.44. The zero-order valence-electron chi connectivity index (χ0n) is 14.5. The van der Waals surface area contributed by atoms with Gasteiger partial charge in [-0.1, -0.05) is 11.6 Å². The van der Waals surface area contributed by atoms with Crippen LogP contribution in [0.1, 0.15) is 20.8 Å². The molecule has 0 unspecified atom stereocenters. The van der Waals surface area contributed by atoms with Crippen molar-refractivity contribution >= 4 is 23.4 Å². The van der Waals surface area contributed by atoms with Crippen LogP contribution in [0.2, 0.25) is 5.15 Å². The van der Waals surface area contributed by atoms with Crippen molar-refractivity contribution in [3.8, 4) is 0 Å². The van der Waals surface area contributed by atoms with Gasteiger partial charge in [-0.25, -0.2) is 9.78 Å². The summed E-state index contributed by atoms with van der Waals surface area (Å²) in [6.45, 7) is 10.9. The molecule has 0 atom stereocenters. The average molecular weight is 353 g/mol. The van der Waals surface area contributed by atoms with E-state index in [-0.39, 0.29) is 6.09 Å². The number of carbonyl (C=O) groups excluding carboxylic acids is 1. The van der Waals surface area contributed by atoms with E-state index in [1.54, 1.807) is 4.90 Å². The van der Waals surface area contributed by atoms with Gasteiger partial charge in [0.25, 0.3) is 0 Å². The van der Waals surface area contributed by atoms with Gasteiger partial charge in [0.15, 0.2) is 0 Å². The lowest BCUT2D eigenvalue weighted by molar-refractivity contribution is 0.00876. The maximum Gasteiger partial charge on any atom is 0.410 e. The van der Waals surface area contributed by atoms with Crippen molar-refractivity contribution < 1.29 is 9.53 Å². The van der Waals surface area contributed by atoms with Gasteiger partial charge in [0.2, 0.25) is 0 Å². The number of piperazine rings is 1. The highest BCUT2D eigenvalue weighted by Crippen LogP contribution is 2.24. The Labute approximate surface area is 148 Å². The smallest absolute Gasteiger partial charge is 0.410 e. The molecule has 0 aliphatic carbocycles. The molecule has 0 bridgehead atoms. The summed E-state index contributed by atoms with van der Waals surface area (Å²) in [6, 6.07) is 4.37. The zero-order chi connectivity index (χ0) is 17.3. The average Bonchev–Trinajstić information content (AvgIpc) is 2.46. The molecule has 0 saturated carbocycles. The number of hydrogen-bond donors (Lipinski definition) is 0. The Morgan fingerprint density at radius 2 is 1.88 bits per heavy atom. The SMILES string of the molecule is CC(C)(C)OC(=O)N1CCN(C2CN(c3ccc(Cl)nc3)C2)CC1. The number of carbonyl (C=O) groups is 1. The maximum absolute atomic E-state index is 12.1. The van der Waals surface area contributed by atoms with Crippen LogP contribution in [0.4, 0.5) is 10.5 Å². The first kappa shape index (κ1) is 17.3. The summed E-state index contributed by atoms with van der Waals surface area (Å²) in [4.78, 5) is 22.8. The molecular weight excluding hydrogens is 328 g/mol. The van der Waals surface area contributed by atoms with E-state index < -0.39 is 5.60 Å². The van der Waals surface area contributed by atoms with Gasteiger partial charge in [0.05, 0.1) is 11.9 Å². The van der Waals surface area contributed by atoms with Gasteiger partial charge in [-0.15, -0.1) is 0 Å². The molecule has 1 amide bonds. The number of amides is 1. The number of nitrogens with zero attached hydrogens (tertiary/aromatic N) is 4. The quantitative estimate of drug-likeness (QED) is 0.765. The fourth-order valence-electron chi connectivity index (χ4n) is 3.05. The van der Waals surface area contributed by atoms with E-state index in [9.17, 15) is 4.79 Å². The zero-order valence-corrected chi connectivity index (χ0v) is 15.3. The van der Waals surface area contributed by atoms with Crippen LogP contribution in [0, 0.1) is 0 Å². The van der Waals surface area contributed by atoms with E-state index >= 15 is 0 Å². The minimum absolute atomic E-state index is 0.204. The van der Waals surface area contributed by atoms with Gasteiger partial charge < -0.3 is 14.5 Å². The molecule has 7 heteroatoms. The van der Waals surface area contributed by atoms with Crippen LogP contribution in [0.3, 0.4) is 0 Å². The Kier molecular flexibility index (Phi) is 4.88. The Morgan fingerprint density at radius 1 is 1.21 bits per heavy atom. The molecule has 24 heavy (non-hydrogen) atoms. The molecule has 3 rings (SSSR count). The number of ether oxygens (including phenoxy) is 1. The molecule has 2 saturated heterocycles. The van der Waals surface area contributed by atoms with E-state index in [1.807, 2.05) is 39.1 Å². The molecule has 2 aliphatic heterocycles. The molecular formula is C17H25ClN4O2. The fraction of sp³-hybridized carbons (Fsp3) is 0.647. The first-order valence-corrected chi connectivity index (χ1v) is 8.78. The van der Waals surface area contributed by atoms with E-state index in [0.717, 1.165) is 45.0 Å². The van der Waals surface area contributed by atoms with E-state index in [4.69, 9.17) is 16.3 Å². The van der Waals surface area contributed by atoms with Crippen LogP contribution in [0.5, 0.6) is 0 Å². The molecule has 2 fully saturated rings. The Bertz CT molecular complexity index is 573. The first-order chi connectivity index (χ1) is 11.3. The summed E-state index contributed by atoms with van der Waals surface area (Å²) in [7, 11) is 0. The molecule has 132 valence electrons. The van der Waals surface area contributed by atoms with Crippen LogP contribution in [0.15, 0.2) is 18.3 Å². The van der Waals surface area contributed by atoms with Crippen molar-refractivity contribution in [2.45, 2.75) is 32.4 Å². The summed E-state index contributed by atoms with van der Waals surface area (Å²) in [5.41, 5.74) is 0.679. The van der Waals surface area contributed by atoms with Gasteiger partial charge in [0.1, 0.15) is 10.8 Å². The summed E-state index contributed by atoms with van der Waals surface area (Å²) in [5.74, 6) is 0. The predicted molar refractivity (Wildman–Crippen MR) is 94.6 cm³/mol. The monoisotopic (exact) mass is 352 g/mol. The third-order valence-corrected chi connectivity index (χ3v) is 4.65. The van der Waals surface area contributed by atoms with Gasteiger partial charge in [-0.3, -0.25) is 4.90 Å². The fourth-order valence-corrected chi connectivity index (χ4v) is 3.16. The lowest BCUT2D eigenvalue weighted by Crippen LogP contribution is -2.63. The lowest BCUT2D eigenvalue weighted by atomic mass is 10.1. The molecule has 0 N–H and O–H groups in total. The van der Waals surface area contributed by atoms with Crippen molar-refractivity contribution in [1.29, 1.82) is 0 Å². The number of rotatable bonds is 2. The summed E-state index contributed by atoms with van der Waals surface area (Å²) in [6.07, 6.45) is 1.61. The largest absolute Gasteiger partial charge is 0.444 e. The van der Waals surface area contributed by atoms with Crippen LogP contribution < -0.4 is 4.90 Å². The number of aromatic nitrogens is 1. The van der Waals surface area contributed by atoms with Gasteiger partial charge in [-0.2, -0.15) is 0 Å². The molecule has 6 nitrogen and oxygen atoms in total. The molecule has 1 aromatic heterocycles. The Hall–Kier alpha value is -1.53. The topological polar surface area (TPSA) is 48.9 Å². The highest BCUT2D eigenvalue weighted by atomic mass is 35.5. The molecule has 2 aliphatic rings. The second kappa shape index (κ2) is 6.76. The minimum Gasteiger partial charge on any atom is -0.444 e. The van der Waals surface area contributed by atoms with E-state index in [2.05, 4.69) is 14.8 Å². The number of hydrogen-bond acceptors (Lipinski definition) is 5. The van der Waals surface area contributed by atoms with Gasteiger partial charge >= 0.3 is 6.09 Å². The van der Waals surface area contributed by atoms with Crippen LogP contribution in [-0.2, 0) is 4.74 Å². The van der Waals surface area contributed by atoms with Crippen LogP contribution in [-0.4, -0.2) is 71.8 Å². The molecule has 0 aromatic carbocycles. The van der Waals surface area contributed by atoms with Gasteiger partial charge in [-0.05, 0) is 32.9 Å². The van der Waals surface area contributed by atoms with Crippen molar-refractivity contribution in [2.24, 2.45) is 0 Å².